The molecule has 0 aliphatic heterocycles. The van der Waals surface area contributed by atoms with Crippen LogP contribution in [0.2, 0.25) is 0 Å². The normalized spacial score (nSPS) is 18.6. The third kappa shape index (κ3) is 20.4. The van der Waals surface area contributed by atoms with Gasteiger partial charge >= 0.3 is 0 Å². The van der Waals surface area contributed by atoms with Gasteiger partial charge in [-0.15, -0.1) is 0 Å². The van der Waals surface area contributed by atoms with Crippen molar-refractivity contribution in [1.29, 1.82) is 0 Å². The molecule has 4 saturated carbocycles. The number of unbranched alkanes of at least 4 members (excludes halogenated alkanes) is 30. The predicted molar refractivity (Wildman–Crippen MR) is 561 cm³/mol. The number of benzene rings is 10. The van der Waals surface area contributed by atoms with Crippen LogP contribution >= 0.6 is 0 Å². The van der Waals surface area contributed by atoms with Crippen LogP contribution in [-0.4, -0.2) is 0 Å². The van der Waals surface area contributed by atoms with Gasteiger partial charge in [-0.2, -0.15) is 0 Å². The van der Waals surface area contributed by atoms with Gasteiger partial charge in [-0.25, -0.2) is 0 Å². The zero-order valence-electron chi connectivity index (χ0n) is 82.5. The first-order chi connectivity index (χ1) is 63.3. The summed E-state index contributed by atoms with van der Waals surface area (Å²) < 4.78 is 0. The Balaban J connectivity index is 0.761. The molecule has 17 rings (SSSR count). The van der Waals surface area contributed by atoms with E-state index in [1.165, 1.54) is 408 Å². The van der Waals surface area contributed by atoms with E-state index < -0.39 is 0 Å². The lowest BCUT2D eigenvalue weighted by Gasteiger charge is -2.64. The smallest absolute Gasteiger partial charge is 0.0465 e. The van der Waals surface area contributed by atoms with Crippen molar-refractivity contribution < 1.29 is 0 Å². The molecule has 0 radical (unpaired) electrons. The number of hydrogen-bond donors (Lipinski definition) is 0. The molecule has 4 bridgehead atoms. The maximum atomic E-state index is 2.92. The van der Waals surface area contributed by atoms with Crippen LogP contribution in [0.15, 0.2) is 212 Å². The van der Waals surface area contributed by atoms with Gasteiger partial charge in [0.2, 0.25) is 0 Å². The number of hydrogen-bond acceptors (Lipinski definition) is 2. The Morgan fingerprint density at radius 3 is 0.899 bits per heavy atom. The van der Waals surface area contributed by atoms with Crippen LogP contribution in [0.25, 0.3) is 55.6 Å². The molecule has 0 N–H and O–H groups in total. The first-order valence-electron chi connectivity index (χ1n) is 54.1. The Morgan fingerprint density at radius 2 is 0.543 bits per heavy atom. The van der Waals surface area contributed by atoms with E-state index in [2.05, 4.69) is 291 Å². The lowest BCUT2D eigenvalue weighted by molar-refractivity contribution is -0.100. The Hall–Kier alpha value is -8.20. The molecule has 0 amide bonds. The molecule has 10 aromatic rings. The zero-order chi connectivity index (χ0) is 89.2. The van der Waals surface area contributed by atoms with Crippen LogP contribution in [0, 0.1) is 37.0 Å². The predicted octanol–water partition coefficient (Wildman–Crippen LogP) is 39.8. The molecule has 3 unspecified atom stereocenters. The molecule has 2 heteroatoms. The Bertz CT molecular complexity index is 5160. The number of fused-ring (bicyclic) bond motifs is 9. The average Bonchev–Trinajstić information content (AvgIpc) is 1.69. The van der Waals surface area contributed by atoms with E-state index in [1.54, 1.807) is 33.4 Å². The zero-order valence-corrected chi connectivity index (χ0v) is 82.5. The second-order valence-corrected chi connectivity index (χ2v) is 43.0. The average molecular weight is 1720 g/mol. The van der Waals surface area contributed by atoms with Crippen LogP contribution in [0.5, 0.6) is 0 Å². The lowest BCUT2D eigenvalue weighted by Crippen LogP contribution is -2.56. The summed E-state index contributed by atoms with van der Waals surface area (Å²) in [7, 11) is 0. The van der Waals surface area contributed by atoms with Gasteiger partial charge < -0.3 is 9.80 Å². The van der Waals surface area contributed by atoms with E-state index in [1.807, 2.05) is 0 Å². The molecular weight excluding hydrogens is 1550 g/mol. The van der Waals surface area contributed by atoms with Crippen molar-refractivity contribution in [1.82, 2.24) is 0 Å². The first kappa shape index (κ1) is 94.0. The molecule has 0 heterocycles. The second-order valence-electron chi connectivity index (χ2n) is 43.0. The first-order valence-corrected chi connectivity index (χ1v) is 54.1. The van der Waals surface area contributed by atoms with E-state index in [0.717, 1.165) is 30.6 Å². The molecule has 0 spiro atoms. The Kier molecular flexibility index (Phi) is 32.1. The van der Waals surface area contributed by atoms with E-state index in [-0.39, 0.29) is 16.2 Å². The molecule has 3 atom stereocenters. The standard InChI is InChI=1S/C127H166N2/c1-11-18-24-30-36-44-78-125(79-45-37-31-25-19-12-2)117-51-43-42-50-111(117)112-73-60-102(85-118(112)125)100-56-67-107(68-57-100)128(105-63-52-95(8)53-64-105)109-71-76-115-116-77-72-110(89-122(116)127(121(115)88-109,82-48-40-34-28-22-15-5)83-49-41-35-29-23-16-6)129(106-65-54-96(9)55-66-106)108-69-58-101(59-70-108)103-61-74-113-114-75-62-104(124-92-98-84-99(93-124)91-123(90-98,94-124)97(10)17-7)87-120(114)126(119(113)86-103,80-46-38-32-26-20-13-3)81-47-39-33-27-21-14-4/h42-43,50-77,85-89,97-99H,11-41,44-49,78-84,90-94H2,1-10H3. The Morgan fingerprint density at radius 1 is 0.264 bits per heavy atom. The molecule has 7 aliphatic rings. The minimum absolute atomic E-state index is 0.000995. The number of aryl methyl sites for hydroxylation is 2. The summed E-state index contributed by atoms with van der Waals surface area (Å²) in [4.78, 5) is 5.21. The van der Waals surface area contributed by atoms with Gasteiger partial charge in [0.15, 0.2) is 0 Å². The van der Waals surface area contributed by atoms with Crippen LogP contribution in [-0.2, 0) is 21.7 Å². The maximum absolute atomic E-state index is 2.92. The molecule has 7 aliphatic carbocycles. The highest BCUT2D eigenvalue weighted by molar-refractivity contribution is 5.91. The summed E-state index contributed by atoms with van der Waals surface area (Å²) >= 11 is 0. The molecule has 4 fully saturated rings. The summed E-state index contributed by atoms with van der Waals surface area (Å²) in [6, 6.07) is 87.4. The van der Waals surface area contributed by atoms with Crippen LogP contribution in [0.4, 0.5) is 34.1 Å². The third-order valence-electron chi connectivity index (χ3n) is 34.1. The van der Waals surface area contributed by atoms with Crippen molar-refractivity contribution >= 4 is 34.1 Å². The third-order valence-corrected chi connectivity index (χ3v) is 34.1. The number of rotatable bonds is 53. The van der Waals surface area contributed by atoms with Gasteiger partial charge in [-0.3, -0.25) is 0 Å². The molecular formula is C127H166N2. The van der Waals surface area contributed by atoms with Crippen molar-refractivity contribution in [3.8, 4) is 55.6 Å². The summed E-state index contributed by atoms with van der Waals surface area (Å²) in [5, 5.41) is 0. The van der Waals surface area contributed by atoms with Crippen LogP contribution in [0.1, 0.15) is 420 Å². The molecule has 129 heavy (non-hydrogen) atoms. The van der Waals surface area contributed by atoms with Gasteiger partial charge in [-0.05, 0) is 299 Å². The fourth-order valence-corrected chi connectivity index (χ4v) is 27.2. The largest absolute Gasteiger partial charge is 0.310 e. The van der Waals surface area contributed by atoms with E-state index >= 15 is 0 Å². The van der Waals surface area contributed by atoms with Gasteiger partial charge in [0, 0.05) is 50.4 Å². The van der Waals surface area contributed by atoms with Crippen LogP contribution in [0.3, 0.4) is 0 Å². The fraction of sp³-hybridized carbons (Fsp3) is 0.528. The number of anilines is 6. The molecule has 0 aromatic heterocycles. The Labute approximate surface area is 785 Å². The summed E-state index contributed by atoms with van der Waals surface area (Å²) in [6.07, 6.45) is 64.5. The van der Waals surface area contributed by atoms with E-state index in [9.17, 15) is 0 Å². The molecule has 0 saturated heterocycles. The lowest BCUT2D eigenvalue weighted by atomic mass is 9.40. The van der Waals surface area contributed by atoms with Crippen molar-refractivity contribution in [3.63, 3.8) is 0 Å². The van der Waals surface area contributed by atoms with E-state index in [0.29, 0.717) is 10.8 Å². The summed E-state index contributed by atoms with van der Waals surface area (Å²) in [5.41, 5.74) is 35.9. The van der Waals surface area contributed by atoms with Crippen molar-refractivity contribution in [2.45, 2.75) is 406 Å². The molecule has 684 valence electrons. The van der Waals surface area contributed by atoms with Crippen molar-refractivity contribution in [2.75, 3.05) is 9.80 Å². The van der Waals surface area contributed by atoms with E-state index in [4.69, 9.17) is 0 Å². The van der Waals surface area contributed by atoms with Crippen molar-refractivity contribution in [2.24, 2.45) is 23.2 Å². The van der Waals surface area contributed by atoms with Gasteiger partial charge in [0.05, 0.1) is 0 Å². The summed E-state index contributed by atoms with van der Waals surface area (Å²) in [5.74, 6) is 2.58. The molecule has 2 nitrogen and oxygen atoms in total. The quantitative estimate of drug-likeness (QED) is 0.0351. The second kappa shape index (κ2) is 44.1. The highest BCUT2D eigenvalue weighted by atomic mass is 15.1. The monoisotopic (exact) mass is 1720 g/mol. The van der Waals surface area contributed by atoms with Gasteiger partial charge in [-0.1, -0.05) is 431 Å². The molecule has 10 aromatic carbocycles. The van der Waals surface area contributed by atoms with Gasteiger partial charge in [0.1, 0.15) is 0 Å². The summed E-state index contributed by atoms with van der Waals surface area (Å²) in [6.45, 7) is 23.8. The van der Waals surface area contributed by atoms with Crippen molar-refractivity contribution in [3.05, 3.63) is 262 Å². The topological polar surface area (TPSA) is 6.48 Å². The highest BCUT2D eigenvalue weighted by Gasteiger charge is 2.60. The number of nitrogens with zero attached hydrogens (tertiary/aromatic N) is 2. The SMILES string of the molecule is CCCCCCCCC1(CCCCCCCC)c2ccccc2-c2ccc(-c3ccc(N(c4ccc(C)cc4)c4ccc5c(c4)C(CCCCCCCC)(CCCCCCCC)c4cc(N(c6ccc(C)cc6)c6ccc(-c7ccc8c(c7)C(CCCCCCCC)(CCCCCCCC)c7cc(C9%10CC%11CC(C9)CC(C(C)CC)(C%11)C%10)ccc7-8)cc6)ccc4-5)cc3)cc21. The fourth-order valence-electron chi connectivity index (χ4n) is 27.2. The maximum Gasteiger partial charge on any atom is 0.0465 e. The highest BCUT2D eigenvalue weighted by Crippen LogP contribution is 2.70. The van der Waals surface area contributed by atoms with Crippen LogP contribution < -0.4 is 9.80 Å². The minimum Gasteiger partial charge on any atom is -0.310 e. The minimum atomic E-state index is -0.191. The van der Waals surface area contributed by atoms with Gasteiger partial charge in [0.25, 0.3) is 0 Å².